The largest absolute Gasteiger partial charge is 0.504 e. The molecule has 4 aromatic carbocycles. The number of sulfone groups is 1. The number of nitrogens with zero attached hydrogens (tertiary/aromatic N) is 3. The number of aliphatic imine (C=N–C) groups is 1. The highest BCUT2D eigenvalue weighted by atomic mass is 32.2. The van der Waals surface area contributed by atoms with Crippen LogP contribution in [0.25, 0.3) is 0 Å². The van der Waals surface area contributed by atoms with Crippen molar-refractivity contribution in [1.82, 2.24) is 9.88 Å². The van der Waals surface area contributed by atoms with Crippen LogP contribution >= 0.6 is 0 Å². The van der Waals surface area contributed by atoms with Crippen LogP contribution in [0.15, 0.2) is 113 Å². The zero-order chi connectivity index (χ0) is 36.5. The number of nitrogen functional groups attached to an aromatic ring is 1. The third-order valence-corrected chi connectivity index (χ3v) is 10.6. The summed E-state index contributed by atoms with van der Waals surface area (Å²) in [5.74, 6) is -7.42. The van der Waals surface area contributed by atoms with Crippen LogP contribution in [0.5, 0.6) is 28.9 Å². The molecule has 0 radical (unpaired) electrons. The van der Waals surface area contributed by atoms with Gasteiger partial charge in [0.2, 0.25) is 26.2 Å². The summed E-state index contributed by atoms with van der Waals surface area (Å²) in [5, 5.41) is 28.6. The summed E-state index contributed by atoms with van der Waals surface area (Å²) in [6, 6.07) is 22.2. The highest BCUT2D eigenvalue weighted by Gasteiger charge is 2.55. The number of halogens is 2. The van der Waals surface area contributed by atoms with E-state index in [1.807, 2.05) is 0 Å². The molecule has 2 heterocycles. The first kappa shape index (κ1) is 34.7. The molecule has 5 aromatic rings. The average Bonchev–Trinajstić information content (AvgIpc) is 3.55. The van der Waals surface area contributed by atoms with Crippen molar-refractivity contribution in [3.63, 3.8) is 0 Å². The van der Waals surface area contributed by atoms with Crippen molar-refractivity contribution in [2.24, 2.45) is 10.7 Å². The summed E-state index contributed by atoms with van der Waals surface area (Å²) in [4.78, 5) is 22.6. The number of carboxylic acid groups (broad SMARTS) is 1. The van der Waals surface area contributed by atoms with E-state index in [4.69, 9.17) is 20.6 Å². The van der Waals surface area contributed by atoms with Crippen molar-refractivity contribution in [3.8, 4) is 28.9 Å². The molecule has 51 heavy (non-hydrogen) atoms. The van der Waals surface area contributed by atoms with Crippen LogP contribution in [-0.2, 0) is 19.4 Å². The molecule has 5 N–H and O–H groups in total. The van der Waals surface area contributed by atoms with Crippen molar-refractivity contribution in [3.05, 3.63) is 137 Å². The van der Waals surface area contributed by atoms with Crippen molar-refractivity contribution in [2.75, 3.05) is 13.6 Å². The molecule has 1 aromatic heterocycles. The van der Waals surface area contributed by atoms with Gasteiger partial charge in [-0.25, -0.2) is 22.6 Å². The number of phenols is 1. The van der Waals surface area contributed by atoms with Gasteiger partial charge < -0.3 is 25.4 Å². The Kier molecular flexibility index (Phi) is 9.25. The Hall–Kier alpha value is -6.19. The van der Waals surface area contributed by atoms with Gasteiger partial charge in [0.05, 0.1) is 11.1 Å². The van der Waals surface area contributed by atoms with E-state index in [9.17, 15) is 23.4 Å². The lowest BCUT2D eigenvalue weighted by molar-refractivity contribution is -0.139. The fraction of sp³-hybridized carbons (Fsp3) is 0.111. The zero-order valence-corrected chi connectivity index (χ0v) is 27.5. The van der Waals surface area contributed by atoms with E-state index < -0.39 is 60.6 Å². The maximum atomic E-state index is 15.9. The number of carboxylic acids is 1. The first-order valence-corrected chi connectivity index (χ1v) is 16.7. The van der Waals surface area contributed by atoms with Gasteiger partial charge in [-0.3, -0.25) is 15.3 Å². The van der Waals surface area contributed by atoms with E-state index in [0.717, 1.165) is 18.2 Å². The Labute approximate surface area is 290 Å². The van der Waals surface area contributed by atoms with Gasteiger partial charge in [-0.05, 0) is 54.6 Å². The molecule has 0 bridgehead atoms. The van der Waals surface area contributed by atoms with E-state index in [0.29, 0.717) is 12.7 Å². The minimum atomic E-state index is -4.85. The van der Waals surface area contributed by atoms with Crippen LogP contribution < -0.4 is 15.2 Å². The van der Waals surface area contributed by atoms with E-state index in [-0.39, 0.29) is 39.6 Å². The maximum absolute atomic E-state index is 15.9. The van der Waals surface area contributed by atoms with Gasteiger partial charge >= 0.3 is 5.97 Å². The molecule has 1 atom stereocenters. The minimum absolute atomic E-state index is 0.0186. The maximum Gasteiger partial charge on any atom is 0.334 e. The molecular formula is C36H29F2N5O7S. The fourth-order valence-electron chi connectivity index (χ4n) is 5.73. The van der Waals surface area contributed by atoms with Crippen LogP contribution in [-0.4, -0.2) is 60.1 Å². The predicted molar refractivity (Wildman–Crippen MR) is 182 cm³/mol. The van der Waals surface area contributed by atoms with Gasteiger partial charge in [0.15, 0.2) is 17.3 Å². The number of phenolic OH excluding ortho intramolecular Hbond substituents is 1. The van der Waals surface area contributed by atoms with Gasteiger partial charge in [0, 0.05) is 23.9 Å². The molecule has 15 heteroatoms. The van der Waals surface area contributed by atoms with Crippen LogP contribution in [0.2, 0.25) is 0 Å². The third-order valence-electron chi connectivity index (χ3n) is 8.26. The topological polar surface area (TPSA) is 188 Å². The second kappa shape index (κ2) is 13.6. The van der Waals surface area contributed by atoms with Gasteiger partial charge in [-0.1, -0.05) is 60.7 Å². The Balaban J connectivity index is 1.48. The molecule has 0 fully saturated rings. The standard InChI is InChI=1S/C36H29F2N5O7S/c1-43-17-16-41-33(43)25-19-24(51(47,48)36(35(45)46,22-8-4-2-5-9-22)23-10-6-3-7-11-23)13-15-28(25)49-31-26(37)20-42-34(30(31)38)50-29-18-21(32(39)40)12-14-27(29)44/h2-16,18-20,33,44H,17H2,1H3,(H3,39,40)(H,45,46). The second-order valence-corrected chi connectivity index (χ2v) is 13.5. The average molecular weight is 714 g/mol. The lowest BCUT2D eigenvalue weighted by Gasteiger charge is -2.31. The molecule has 1 aliphatic rings. The SMILES string of the molecule is CN1CC=NC1c1cc(S(=O)(=O)C(C(=O)O)(c2ccccc2)c2ccccc2)ccc1Oc1c(F)cnc(Oc2cc(C(=N)N)ccc2O)c1F. The molecule has 0 amide bonds. The summed E-state index contributed by atoms with van der Waals surface area (Å²) in [5.41, 5.74) is 5.67. The predicted octanol–water partition coefficient (Wildman–Crippen LogP) is 5.75. The van der Waals surface area contributed by atoms with Crippen molar-refractivity contribution in [2.45, 2.75) is 15.8 Å². The van der Waals surface area contributed by atoms with Gasteiger partial charge in [0.25, 0.3) is 5.88 Å². The summed E-state index contributed by atoms with van der Waals surface area (Å²) >= 11 is 0. The molecule has 0 saturated carbocycles. The second-order valence-electron chi connectivity index (χ2n) is 11.4. The quantitative estimate of drug-likeness (QED) is 0.0969. The molecule has 1 unspecified atom stereocenters. The van der Waals surface area contributed by atoms with Gasteiger partial charge in [-0.2, -0.15) is 4.39 Å². The summed E-state index contributed by atoms with van der Waals surface area (Å²) in [7, 11) is -3.17. The van der Waals surface area contributed by atoms with Crippen LogP contribution in [0, 0.1) is 17.0 Å². The third kappa shape index (κ3) is 6.13. The smallest absolute Gasteiger partial charge is 0.334 e. The monoisotopic (exact) mass is 713 g/mol. The number of benzene rings is 4. The number of aromatic hydroxyl groups is 1. The molecule has 0 aliphatic carbocycles. The first-order valence-electron chi connectivity index (χ1n) is 15.2. The van der Waals surface area contributed by atoms with Gasteiger partial charge in [0.1, 0.15) is 17.8 Å². The number of nitrogens with two attached hydrogens (primary N) is 1. The molecule has 12 nitrogen and oxygen atoms in total. The number of rotatable bonds is 11. The highest BCUT2D eigenvalue weighted by molar-refractivity contribution is 7.93. The van der Waals surface area contributed by atoms with E-state index in [1.54, 1.807) is 30.3 Å². The summed E-state index contributed by atoms with van der Waals surface area (Å²) < 4.78 is 69.2. The molecule has 260 valence electrons. The number of amidine groups is 1. The van der Waals surface area contributed by atoms with E-state index >= 15 is 8.78 Å². The normalized spacial score (nSPS) is 14.7. The number of aromatic nitrogens is 1. The summed E-state index contributed by atoms with van der Waals surface area (Å²) in [6.45, 7) is 0.340. The molecule has 6 rings (SSSR count). The Morgan fingerprint density at radius 3 is 2.18 bits per heavy atom. The number of nitrogens with one attached hydrogen (secondary N) is 1. The number of ether oxygens (including phenoxy) is 2. The van der Waals surface area contributed by atoms with Crippen LogP contribution in [0.3, 0.4) is 0 Å². The van der Waals surface area contributed by atoms with E-state index in [1.165, 1.54) is 66.7 Å². The Morgan fingerprint density at radius 2 is 1.61 bits per heavy atom. The van der Waals surface area contributed by atoms with Crippen LogP contribution in [0.1, 0.15) is 28.4 Å². The molecular weight excluding hydrogens is 684 g/mol. The Bertz CT molecular complexity index is 2250. The summed E-state index contributed by atoms with van der Waals surface area (Å²) in [6.07, 6.45) is 1.29. The number of carbonyl (C=O) groups is 1. The Morgan fingerprint density at radius 1 is 0.961 bits per heavy atom. The highest BCUT2D eigenvalue weighted by Crippen LogP contribution is 2.45. The van der Waals surface area contributed by atoms with Crippen molar-refractivity contribution < 1.29 is 41.7 Å². The number of aliphatic carboxylic acids is 1. The van der Waals surface area contributed by atoms with E-state index in [2.05, 4.69) is 9.98 Å². The molecule has 1 aliphatic heterocycles. The molecule has 0 saturated heterocycles. The van der Waals surface area contributed by atoms with Crippen LogP contribution in [0.4, 0.5) is 8.78 Å². The van der Waals surface area contributed by atoms with Gasteiger partial charge in [-0.15, -0.1) is 0 Å². The van der Waals surface area contributed by atoms with Crippen molar-refractivity contribution in [1.29, 1.82) is 5.41 Å². The number of pyridine rings is 1. The lowest BCUT2D eigenvalue weighted by Crippen LogP contribution is -2.45. The van der Waals surface area contributed by atoms with Crippen molar-refractivity contribution >= 4 is 27.9 Å². The minimum Gasteiger partial charge on any atom is -0.504 e. The fourth-order valence-corrected chi connectivity index (χ4v) is 7.74. The molecule has 0 spiro atoms. The first-order chi connectivity index (χ1) is 24.4. The number of hydrogen-bond acceptors (Lipinski definition) is 10. The zero-order valence-electron chi connectivity index (χ0n) is 26.7. The lowest BCUT2D eigenvalue weighted by atomic mass is 9.90. The number of hydrogen-bond donors (Lipinski definition) is 4.